The Morgan fingerprint density at radius 1 is 0.966 bits per heavy atom. The molecule has 0 atom stereocenters. The van der Waals surface area contributed by atoms with Gasteiger partial charge in [-0.15, -0.1) is 11.3 Å². The average Bonchev–Trinajstić information content (AvgIpc) is 3.15. The fraction of sp³-hybridized carbons (Fsp3) is 0.0952. The van der Waals surface area contributed by atoms with E-state index in [1.807, 2.05) is 0 Å². The van der Waals surface area contributed by atoms with E-state index in [0.29, 0.717) is 22.1 Å². The molecule has 0 N–H and O–H groups in total. The summed E-state index contributed by atoms with van der Waals surface area (Å²) in [6.07, 6.45) is -1.99. The van der Waals surface area contributed by atoms with Crippen molar-refractivity contribution in [3.8, 4) is 21.6 Å². The van der Waals surface area contributed by atoms with E-state index in [1.54, 1.807) is 47.8 Å². The fourth-order valence-corrected chi connectivity index (χ4v) is 5.13. The molecular weight excluding hydrogens is 419 g/mol. The smallest absolute Gasteiger partial charge is 0.256 e. The van der Waals surface area contributed by atoms with Crippen LogP contribution in [0.15, 0.2) is 71.1 Å². The highest BCUT2D eigenvalue weighted by atomic mass is 32.2. The summed E-state index contributed by atoms with van der Waals surface area (Å²) >= 11 is 1.34. The van der Waals surface area contributed by atoms with Crippen LogP contribution in [0.2, 0.25) is 0 Å². The number of pyridine rings is 1. The SMILES string of the molecule is CS(=O)(=O)c1ccccc1-c1csc(-c2ccnc3c(C(F)(F)F)cccc23)c1. The summed E-state index contributed by atoms with van der Waals surface area (Å²) in [6, 6.07) is 14.1. The third-order valence-electron chi connectivity index (χ3n) is 4.54. The molecule has 0 aliphatic rings. The number of hydrogen-bond donors (Lipinski definition) is 0. The van der Waals surface area contributed by atoms with Crippen molar-refractivity contribution in [1.29, 1.82) is 0 Å². The number of aromatic nitrogens is 1. The van der Waals surface area contributed by atoms with Gasteiger partial charge < -0.3 is 0 Å². The number of alkyl halides is 3. The van der Waals surface area contributed by atoms with E-state index >= 15 is 0 Å². The number of benzene rings is 2. The second-order valence-electron chi connectivity index (χ2n) is 6.53. The minimum atomic E-state index is -4.50. The number of sulfone groups is 1. The molecule has 2 heterocycles. The van der Waals surface area contributed by atoms with Gasteiger partial charge in [0.15, 0.2) is 9.84 Å². The first-order valence-electron chi connectivity index (χ1n) is 8.49. The Hall–Kier alpha value is -2.71. The van der Waals surface area contributed by atoms with E-state index in [0.717, 1.165) is 17.2 Å². The van der Waals surface area contributed by atoms with Gasteiger partial charge in [-0.05, 0) is 35.2 Å². The van der Waals surface area contributed by atoms with Crippen LogP contribution in [0.3, 0.4) is 0 Å². The van der Waals surface area contributed by atoms with Gasteiger partial charge in [-0.2, -0.15) is 13.2 Å². The number of fused-ring (bicyclic) bond motifs is 1. The molecule has 148 valence electrons. The summed E-state index contributed by atoms with van der Waals surface area (Å²) in [5.74, 6) is 0. The van der Waals surface area contributed by atoms with Gasteiger partial charge in [0.2, 0.25) is 0 Å². The molecule has 2 aromatic heterocycles. The van der Waals surface area contributed by atoms with Crippen LogP contribution in [0.4, 0.5) is 13.2 Å². The number of nitrogens with zero attached hydrogens (tertiary/aromatic N) is 1. The lowest BCUT2D eigenvalue weighted by Crippen LogP contribution is -2.06. The van der Waals surface area contributed by atoms with Crippen molar-refractivity contribution >= 4 is 32.1 Å². The predicted octanol–water partition coefficient (Wildman–Crippen LogP) is 6.05. The van der Waals surface area contributed by atoms with Gasteiger partial charge >= 0.3 is 6.18 Å². The summed E-state index contributed by atoms with van der Waals surface area (Å²) in [7, 11) is -3.42. The molecule has 0 unspecified atom stereocenters. The van der Waals surface area contributed by atoms with Crippen molar-refractivity contribution in [2.24, 2.45) is 0 Å². The lowest BCUT2D eigenvalue weighted by atomic mass is 10.0. The summed E-state index contributed by atoms with van der Waals surface area (Å²) < 4.78 is 64.2. The van der Waals surface area contributed by atoms with Crippen molar-refractivity contribution in [1.82, 2.24) is 4.98 Å². The Morgan fingerprint density at radius 3 is 2.45 bits per heavy atom. The second kappa shape index (κ2) is 6.96. The van der Waals surface area contributed by atoms with Gasteiger partial charge in [0, 0.05) is 33.8 Å². The summed E-state index contributed by atoms with van der Waals surface area (Å²) in [5, 5.41) is 2.20. The average molecular weight is 433 g/mol. The molecule has 0 saturated carbocycles. The molecule has 0 aliphatic carbocycles. The van der Waals surface area contributed by atoms with Crippen molar-refractivity contribution in [3.63, 3.8) is 0 Å². The molecule has 0 radical (unpaired) electrons. The number of thiophene rings is 1. The van der Waals surface area contributed by atoms with Gasteiger partial charge in [-0.1, -0.05) is 30.3 Å². The monoisotopic (exact) mass is 433 g/mol. The Labute approximate surface area is 169 Å². The minimum absolute atomic E-state index is 0.107. The largest absolute Gasteiger partial charge is 0.418 e. The second-order valence-corrected chi connectivity index (χ2v) is 9.42. The summed E-state index contributed by atoms with van der Waals surface area (Å²) in [6.45, 7) is 0. The van der Waals surface area contributed by atoms with Crippen LogP contribution < -0.4 is 0 Å². The normalized spacial score (nSPS) is 12.4. The zero-order valence-corrected chi connectivity index (χ0v) is 16.7. The molecule has 2 aromatic carbocycles. The Morgan fingerprint density at radius 2 is 1.72 bits per heavy atom. The maximum absolute atomic E-state index is 13.3. The van der Waals surface area contributed by atoms with Gasteiger partial charge in [-0.3, -0.25) is 4.98 Å². The molecular formula is C21H14F3NO2S2. The van der Waals surface area contributed by atoms with Crippen LogP contribution in [-0.2, 0) is 16.0 Å². The van der Waals surface area contributed by atoms with Crippen molar-refractivity contribution in [2.75, 3.05) is 6.26 Å². The van der Waals surface area contributed by atoms with Crippen LogP contribution in [0.5, 0.6) is 0 Å². The standard InChI is InChI=1S/C21H14F3NO2S2/c1-29(26,27)19-8-3-2-5-14(19)13-11-18(28-12-13)15-9-10-25-20-16(15)6-4-7-17(20)21(22,23)24/h2-12H,1H3. The summed E-state index contributed by atoms with van der Waals surface area (Å²) in [4.78, 5) is 4.89. The molecule has 4 aromatic rings. The predicted molar refractivity (Wildman–Crippen MR) is 109 cm³/mol. The molecule has 29 heavy (non-hydrogen) atoms. The van der Waals surface area contributed by atoms with Crippen LogP contribution >= 0.6 is 11.3 Å². The highest BCUT2D eigenvalue weighted by Gasteiger charge is 2.33. The first kappa shape index (κ1) is 19.6. The molecule has 8 heteroatoms. The number of rotatable bonds is 3. The fourth-order valence-electron chi connectivity index (χ4n) is 3.27. The topological polar surface area (TPSA) is 47.0 Å². The van der Waals surface area contributed by atoms with Crippen molar-refractivity contribution in [3.05, 3.63) is 71.7 Å². The first-order valence-corrected chi connectivity index (χ1v) is 11.3. The molecule has 0 aliphatic heterocycles. The zero-order chi connectivity index (χ0) is 20.8. The van der Waals surface area contributed by atoms with Crippen LogP contribution in [0, 0.1) is 0 Å². The lowest BCUT2D eigenvalue weighted by molar-refractivity contribution is -0.136. The van der Waals surface area contributed by atoms with Crippen molar-refractivity contribution in [2.45, 2.75) is 11.1 Å². The van der Waals surface area contributed by atoms with E-state index in [1.165, 1.54) is 23.6 Å². The Balaban J connectivity index is 1.88. The van der Waals surface area contributed by atoms with Gasteiger partial charge in [-0.25, -0.2) is 8.42 Å². The van der Waals surface area contributed by atoms with Crippen molar-refractivity contribution < 1.29 is 21.6 Å². The zero-order valence-electron chi connectivity index (χ0n) is 15.1. The van der Waals surface area contributed by atoms with E-state index in [2.05, 4.69) is 4.98 Å². The number of halogens is 3. The highest BCUT2D eigenvalue weighted by molar-refractivity contribution is 7.90. The number of hydrogen-bond acceptors (Lipinski definition) is 4. The first-order chi connectivity index (χ1) is 13.7. The maximum Gasteiger partial charge on any atom is 0.418 e. The third-order valence-corrected chi connectivity index (χ3v) is 6.66. The van der Waals surface area contributed by atoms with Gasteiger partial charge in [0.1, 0.15) is 0 Å². The number of para-hydroxylation sites is 1. The maximum atomic E-state index is 13.3. The molecule has 0 saturated heterocycles. The summed E-state index contributed by atoms with van der Waals surface area (Å²) in [5.41, 5.74) is 0.990. The molecule has 3 nitrogen and oxygen atoms in total. The highest BCUT2D eigenvalue weighted by Crippen LogP contribution is 2.40. The third kappa shape index (κ3) is 3.65. The van der Waals surface area contributed by atoms with E-state index in [-0.39, 0.29) is 10.4 Å². The minimum Gasteiger partial charge on any atom is -0.256 e. The molecule has 0 spiro atoms. The molecule has 0 amide bonds. The molecule has 0 bridgehead atoms. The Bertz CT molecular complexity index is 1330. The van der Waals surface area contributed by atoms with E-state index in [9.17, 15) is 21.6 Å². The van der Waals surface area contributed by atoms with E-state index in [4.69, 9.17) is 0 Å². The quantitative estimate of drug-likeness (QED) is 0.395. The van der Waals surface area contributed by atoms with Crippen LogP contribution in [-0.4, -0.2) is 19.7 Å². The van der Waals surface area contributed by atoms with E-state index < -0.39 is 21.6 Å². The van der Waals surface area contributed by atoms with Gasteiger partial charge in [0.05, 0.1) is 16.0 Å². The Kier molecular flexibility index (Phi) is 4.71. The van der Waals surface area contributed by atoms with Crippen LogP contribution in [0.25, 0.3) is 32.5 Å². The lowest BCUT2D eigenvalue weighted by Gasteiger charge is -2.11. The van der Waals surface area contributed by atoms with Crippen LogP contribution in [0.1, 0.15) is 5.56 Å². The molecule has 0 fully saturated rings. The molecule has 4 rings (SSSR count). The van der Waals surface area contributed by atoms with Gasteiger partial charge in [0.25, 0.3) is 0 Å².